The first-order chi connectivity index (χ1) is 13.3. The van der Waals surface area contributed by atoms with Crippen LogP contribution >= 0.6 is 0 Å². The largest absolute Gasteiger partial charge is 0.343 e. The van der Waals surface area contributed by atoms with Gasteiger partial charge in [-0.15, -0.1) is 0 Å². The normalized spacial score (nSPS) is 17.0. The minimum Gasteiger partial charge on any atom is -0.343 e. The van der Waals surface area contributed by atoms with Crippen molar-refractivity contribution in [1.82, 2.24) is 4.57 Å². The summed E-state index contributed by atoms with van der Waals surface area (Å²) < 4.78 is 2.43. The molecule has 3 aromatic rings. The fraction of sp³-hybridized carbons (Fsp3) is 0.308. The highest BCUT2D eigenvalue weighted by atomic mass is 15.0. The number of hydrogen-bond donors (Lipinski definition) is 0. The summed E-state index contributed by atoms with van der Waals surface area (Å²) in [6.45, 7) is 0. The number of allylic oxidation sites excluding steroid dienone is 1. The van der Waals surface area contributed by atoms with E-state index in [1.807, 2.05) is 0 Å². The van der Waals surface area contributed by atoms with Crippen molar-refractivity contribution >= 4 is 6.08 Å². The molecule has 0 spiro atoms. The first-order valence-electron chi connectivity index (χ1n) is 10.4. The molecule has 27 heavy (non-hydrogen) atoms. The van der Waals surface area contributed by atoms with E-state index < -0.39 is 0 Å². The molecule has 5 rings (SSSR count). The highest BCUT2D eigenvalue weighted by Crippen LogP contribution is 2.46. The molecular formula is C26H27N. The van der Waals surface area contributed by atoms with Gasteiger partial charge in [-0.05, 0) is 47.9 Å². The van der Waals surface area contributed by atoms with Gasteiger partial charge in [0.2, 0.25) is 0 Å². The summed E-state index contributed by atoms with van der Waals surface area (Å²) in [5.74, 6) is 0.801. The third-order valence-electron chi connectivity index (χ3n) is 6.49. The van der Waals surface area contributed by atoms with Gasteiger partial charge in [-0.1, -0.05) is 85.5 Å². The van der Waals surface area contributed by atoms with E-state index in [9.17, 15) is 0 Å². The Bertz CT molecular complexity index is 970. The van der Waals surface area contributed by atoms with Crippen LogP contribution in [-0.4, -0.2) is 4.57 Å². The van der Waals surface area contributed by atoms with Crippen molar-refractivity contribution in [2.45, 2.75) is 38.5 Å². The first-order valence-corrected chi connectivity index (χ1v) is 10.4. The lowest BCUT2D eigenvalue weighted by atomic mass is 9.82. The molecule has 2 aliphatic carbocycles. The number of fused-ring (bicyclic) bond motifs is 1. The lowest BCUT2D eigenvalue weighted by molar-refractivity contribution is 0.401. The fourth-order valence-corrected chi connectivity index (χ4v) is 5.14. The van der Waals surface area contributed by atoms with E-state index in [0.29, 0.717) is 0 Å². The molecule has 0 amide bonds. The van der Waals surface area contributed by atoms with Gasteiger partial charge in [-0.3, -0.25) is 0 Å². The predicted molar refractivity (Wildman–Crippen MR) is 115 cm³/mol. The van der Waals surface area contributed by atoms with Crippen LogP contribution in [0.15, 0.2) is 66.2 Å². The first kappa shape index (κ1) is 16.6. The molecule has 2 aliphatic rings. The summed E-state index contributed by atoms with van der Waals surface area (Å²) in [7, 11) is 2.24. The van der Waals surface area contributed by atoms with Gasteiger partial charge in [-0.2, -0.15) is 0 Å². The third kappa shape index (κ3) is 2.86. The Hall–Kier alpha value is -2.54. The summed E-state index contributed by atoms with van der Waals surface area (Å²) in [6.07, 6.45) is 10.6. The Morgan fingerprint density at radius 2 is 1.41 bits per heavy atom. The van der Waals surface area contributed by atoms with Gasteiger partial charge in [-0.25, -0.2) is 0 Å². The van der Waals surface area contributed by atoms with Crippen LogP contribution in [-0.2, 0) is 13.5 Å². The zero-order chi connectivity index (χ0) is 18.2. The van der Waals surface area contributed by atoms with E-state index in [2.05, 4.69) is 78.4 Å². The van der Waals surface area contributed by atoms with Crippen molar-refractivity contribution in [3.8, 4) is 22.4 Å². The molecule has 0 radical (unpaired) electrons. The number of benzene rings is 2. The molecule has 1 fully saturated rings. The smallest absolute Gasteiger partial charge is 0.0565 e. The van der Waals surface area contributed by atoms with E-state index in [1.165, 1.54) is 65.7 Å². The van der Waals surface area contributed by atoms with E-state index in [0.717, 1.165) is 12.3 Å². The topological polar surface area (TPSA) is 4.93 Å². The second-order valence-corrected chi connectivity index (χ2v) is 8.11. The van der Waals surface area contributed by atoms with Crippen molar-refractivity contribution < 1.29 is 0 Å². The average Bonchev–Trinajstić information content (AvgIpc) is 3.28. The molecule has 0 bridgehead atoms. The molecule has 0 saturated heterocycles. The Labute approximate surface area is 162 Å². The Morgan fingerprint density at radius 3 is 2.07 bits per heavy atom. The molecule has 0 atom stereocenters. The van der Waals surface area contributed by atoms with Gasteiger partial charge >= 0.3 is 0 Å². The van der Waals surface area contributed by atoms with Crippen LogP contribution in [0.3, 0.4) is 0 Å². The monoisotopic (exact) mass is 353 g/mol. The zero-order valence-electron chi connectivity index (χ0n) is 16.1. The van der Waals surface area contributed by atoms with Crippen LogP contribution in [0, 0.1) is 5.92 Å². The molecule has 1 heterocycles. The highest BCUT2D eigenvalue weighted by Gasteiger charge is 2.29. The van der Waals surface area contributed by atoms with Crippen LogP contribution < -0.4 is 0 Å². The maximum atomic E-state index is 2.52. The van der Waals surface area contributed by atoms with Gasteiger partial charge in [0.1, 0.15) is 0 Å². The lowest BCUT2D eigenvalue weighted by Gasteiger charge is -2.23. The molecule has 0 aliphatic heterocycles. The molecular weight excluding hydrogens is 326 g/mol. The maximum Gasteiger partial charge on any atom is 0.0565 e. The molecule has 1 nitrogen and oxygen atoms in total. The minimum atomic E-state index is 0.801. The number of nitrogens with zero attached hydrogens (tertiary/aromatic N) is 1. The van der Waals surface area contributed by atoms with Crippen molar-refractivity contribution in [2.24, 2.45) is 13.0 Å². The summed E-state index contributed by atoms with van der Waals surface area (Å²) in [5, 5.41) is 0. The van der Waals surface area contributed by atoms with E-state index in [-0.39, 0.29) is 0 Å². The summed E-state index contributed by atoms with van der Waals surface area (Å²) in [6, 6.07) is 21.8. The molecule has 2 aromatic carbocycles. The van der Waals surface area contributed by atoms with Gasteiger partial charge in [0.15, 0.2) is 0 Å². The highest BCUT2D eigenvalue weighted by molar-refractivity contribution is 5.89. The standard InChI is InChI=1S/C26H27N/c1-27-24-18-22(19-11-5-2-6-12-19)17-23(24)25(20-13-7-3-8-14-20)26(27)21-15-9-4-10-16-21/h3-4,7-10,13-16,18-19H,2,5-6,11-12,17H2,1H3. The predicted octanol–water partition coefficient (Wildman–Crippen LogP) is 6.88. The molecule has 0 N–H and O–H groups in total. The average molecular weight is 354 g/mol. The third-order valence-corrected chi connectivity index (χ3v) is 6.49. The van der Waals surface area contributed by atoms with Crippen LogP contribution in [0.2, 0.25) is 0 Å². The quantitative estimate of drug-likeness (QED) is 0.484. The van der Waals surface area contributed by atoms with Gasteiger partial charge in [0, 0.05) is 18.3 Å². The zero-order valence-corrected chi connectivity index (χ0v) is 16.1. The second kappa shape index (κ2) is 6.88. The van der Waals surface area contributed by atoms with Gasteiger partial charge in [0.05, 0.1) is 5.69 Å². The van der Waals surface area contributed by atoms with E-state index in [4.69, 9.17) is 0 Å². The maximum absolute atomic E-state index is 2.52. The molecule has 1 heteroatoms. The summed E-state index contributed by atoms with van der Waals surface area (Å²) >= 11 is 0. The van der Waals surface area contributed by atoms with Gasteiger partial charge in [0.25, 0.3) is 0 Å². The van der Waals surface area contributed by atoms with Crippen molar-refractivity contribution in [3.63, 3.8) is 0 Å². The van der Waals surface area contributed by atoms with Gasteiger partial charge < -0.3 is 4.57 Å². The minimum absolute atomic E-state index is 0.801. The van der Waals surface area contributed by atoms with E-state index >= 15 is 0 Å². The Balaban J connectivity index is 1.66. The number of rotatable bonds is 3. The van der Waals surface area contributed by atoms with Crippen molar-refractivity contribution in [3.05, 3.63) is 77.5 Å². The van der Waals surface area contributed by atoms with Crippen LogP contribution in [0.1, 0.15) is 43.4 Å². The summed E-state index contributed by atoms with van der Waals surface area (Å²) in [4.78, 5) is 0. The van der Waals surface area contributed by atoms with Crippen LogP contribution in [0.5, 0.6) is 0 Å². The lowest BCUT2D eigenvalue weighted by Crippen LogP contribution is -2.09. The van der Waals surface area contributed by atoms with Crippen molar-refractivity contribution in [1.29, 1.82) is 0 Å². The number of hydrogen-bond acceptors (Lipinski definition) is 0. The fourth-order valence-electron chi connectivity index (χ4n) is 5.14. The summed E-state index contributed by atoms with van der Waals surface area (Å²) in [5.41, 5.74) is 10.1. The molecule has 1 aromatic heterocycles. The Kier molecular flexibility index (Phi) is 4.24. The molecule has 1 saturated carbocycles. The SMILES string of the molecule is Cn1c2c(c(-c3ccccc3)c1-c1ccccc1)CC(C1CCCCC1)=C2. The van der Waals surface area contributed by atoms with Crippen LogP contribution in [0.25, 0.3) is 28.5 Å². The Morgan fingerprint density at radius 1 is 0.778 bits per heavy atom. The van der Waals surface area contributed by atoms with Crippen LogP contribution in [0.4, 0.5) is 0 Å². The molecule has 0 unspecified atom stereocenters. The number of aromatic nitrogens is 1. The second-order valence-electron chi connectivity index (χ2n) is 8.11. The van der Waals surface area contributed by atoms with Crippen molar-refractivity contribution in [2.75, 3.05) is 0 Å². The van der Waals surface area contributed by atoms with E-state index in [1.54, 1.807) is 5.57 Å². The molecule has 136 valence electrons.